The Labute approximate surface area is 185 Å². The molecular formula is C22H26N6O4. The van der Waals surface area contributed by atoms with Crippen molar-refractivity contribution in [2.45, 2.75) is 45.3 Å². The number of hydrogen-bond acceptors (Lipinski definition) is 6. The Morgan fingerprint density at radius 3 is 2.78 bits per heavy atom. The monoisotopic (exact) mass is 438 g/mol. The van der Waals surface area contributed by atoms with Gasteiger partial charge < -0.3 is 19.0 Å². The van der Waals surface area contributed by atoms with Crippen molar-refractivity contribution in [3.05, 3.63) is 65.6 Å². The Bertz CT molecular complexity index is 1050. The highest BCUT2D eigenvalue weighted by Crippen LogP contribution is 2.15. The predicted octanol–water partition coefficient (Wildman–Crippen LogP) is 2.36. The zero-order valence-electron chi connectivity index (χ0n) is 17.7. The summed E-state index contributed by atoms with van der Waals surface area (Å²) in [5.74, 6) is 2.59. The number of carbonyl (C=O) groups is 2. The number of para-hydroxylation sites is 1. The van der Waals surface area contributed by atoms with Gasteiger partial charge in [-0.2, -0.15) is 0 Å². The highest BCUT2D eigenvalue weighted by Gasteiger charge is 2.15. The van der Waals surface area contributed by atoms with Crippen LogP contribution in [-0.2, 0) is 26.0 Å². The molecule has 1 aliphatic heterocycles. The van der Waals surface area contributed by atoms with Gasteiger partial charge in [0.05, 0.1) is 0 Å². The first-order valence-electron chi connectivity index (χ1n) is 10.7. The van der Waals surface area contributed by atoms with Gasteiger partial charge in [0.2, 0.25) is 0 Å². The molecule has 3 N–H and O–H groups in total. The van der Waals surface area contributed by atoms with Gasteiger partial charge in [0, 0.05) is 25.9 Å². The van der Waals surface area contributed by atoms with Gasteiger partial charge in [0.15, 0.2) is 5.76 Å². The van der Waals surface area contributed by atoms with Crippen molar-refractivity contribution in [2.75, 3.05) is 6.54 Å². The molecule has 3 heterocycles. The van der Waals surface area contributed by atoms with Crippen molar-refractivity contribution < 1.29 is 18.7 Å². The molecule has 0 saturated heterocycles. The lowest BCUT2D eigenvalue weighted by Crippen LogP contribution is -2.47. The summed E-state index contributed by atoms with van der Waals surface area (Å²) in [6, 6.07) is 12.0. The van der Waals surface area contributed by atoms with Crippen LogP contribution in [0.2, 0.25) is 0 Å². The van der Waals surface area contributed by atoms with Crippen LogP contribution in [0.5, 0.6) is 5.75 Å². The maximum atomic E-state index is 12.2. The van der Waals surface area contributed by atoms with Crippen molar-refractivity contribution in [1.82, 2.24) is 30.9 Å². The van der Waals surface area contributed by atoms with Gasteiger partial charge in [-0.05, 0) is 37.1 Å². The van der Waals surface area contributed by atoms with Crippen LogP contribution in [0, 0.1) is 0 Å². The molecule has 0 bridgehead atoms. The molecule has 0 fully saturated rings. The van der Waals surface area contributed by atoms with Crippen LogP contribution in [0.3, 0.4) is 0 Å². The Hall–Kier alpha value is -3.82. The summed E-state index contributed by atoms with van der Waals surface area (Å²) in [6.45, 7) is 1.49. The third kappa shape index (κ3) is 5.65. The van der Waals surface area contributed by atoms with Gasteiger partial charge in [-0.15, -0.1) is 10.2 Å². The number of hydrogen-bond donors (Lipinski definition) is 3. The van der Waals surface area contributed by atoms with Gasteiger partial charge in [0.25, 0.3) is 0 Å². The van der Waals surface area contributed by atoms with Crippen molar-refractivity contribution in [3.63, 3.8) is 0 Å². The topological polar surface area (TPSA) is 123 Å². The van der Waals surface area contributed by atoms with Crippen molar-refractivity contribution in [1.29, 1.82) is 0 Å². The maximum absolute atomic E-state index is 12.2. The minimum atomic E-state index is -0.561. The van der Waals surface area contributed by atoms with Crippen LogP contribution in [0.1, 0.15) is 47.2 Å². The average Bonchev–Trinajstić information content (AvgIpc) is 3.37. The predicted molar refractivity (Wildman–Crippen MR) is 115 cm³/mol. The van der Waals surface area contributed by atoms with Gasteiger partial charge in [-0.3, -0.25) is 10.2 Å². The van der Waals surface area contributed by atoms with E-state index in [0.29, 0.717) is 24.5 Å². The van der Waals surface area contributed by atoms with E-state index >= 15 is 0 Å². The molecule has 3 amide bonds. The summed E-state index contributed by atoms with van der Waals surface area (Å²) >= 11 is 0. The van der Waals surface area contributed by atoms with Crippen molar-refractivity contribution >= 4 is 11.9 Å². The number of urea groups is 1. The van der Waals surface area contributed by atoms with E-state index < -0.39 is 11.9 Å². The number of nitrogens with zero attached hydrogens (tertiary/aromatic N) is 3. The van der Waals surface area contributed by atoms with Crippen LogP contribution in [0.4, 0.5) is 4.79 Å². The fourth-order valence-electron chi connectivity index (χ4n) is 3.49. The minimum Gasteiger partial charge on any atom is -0.486 e. The van der Waals surface area contributed by atoms with Gasteiger partial charge in [-0.25, -0.2) is 10.2 Å². The lowest BCUT2D eigenvalue weighted by Gasteiger charge is -2.09. The number of carbonyl (C=O) groups excluding carboxylic acids is 2. The number of rotatable bonds is 7. The van der Waals surface area contributed by atoms with E-state index in [1.165, 1.54) is 12.5 Å². The summed E-state index contributed by atoms with van der Waals surface area (Å²) < 4.78 is 13.2. The molecule has 10 nitrogen and oxygen atoms in total. The number of aromatic nitrogens is 3. The van der Waals surface area contributed by atoms with Gasteiger partial charge >= 0.3 is 11.9 Å². The van der Waals surface area contributed by atoms with Crippen molar-refractivity contribution in [2.24, 2.45) is 0 Å². The van der Waals surface area contributed by atoms with E-state index in [1.54, 1.807) is 6.07 Å². The summed E-state index contributed by atoms with van der Waals surface area (Å²) in [4.78, 5) is 24.2. The average molecular weight is 438 g/mol. The zero-order chi connectivity index (χ0) is 22.2. The van der Waals surface area contributed by atoms with E-state index in [0.717, 1.165) is 37.5 Å². The van der Waals surface area contributed by atoms with Crippen LogP contribution in [-0.4, -0.2) is 33.2 Å². The second kappa shape index (κ2) is 10.5. The Balaban J connectivity index is 1.17. The van der Waals surface area contributed by atoms with E-state index in [1.807, 2.05) is 30.3 Å². The van der Waals surface area contributed by atoms with Crippen LogP contribution in [0.25, 0.3) is 0 Å². The van der Waals surface area contributed by atoms with E-state index in [2.05, 4.69) is 30.9 Å². The van der Waals surface area contributed by atoms with Gasteiger partial charge in [-0.1, -0.05) is 24.6 Å². The Morgan fingerprint density at radius 2 is 1.91 bits per heavy atom. The molecule has 0 aliphatic carbocycles. The highest BCUT2D eigenvalue weighted by molar-refractivity contribution is 5.92. The lowest BCUT2D eigenvalue weighted by atomic mass is 10.2. The fourth-order valence-corrected chi connectivity index (χ4v) is 3.49. The second-order valence-electron chi connectivity index (χ2n) is 7.45. The zero-order valence-corrected chi connectivity index (χ0v) is 17.7. The number of nitrogens with one attached hydrogen (secondary N) is 3. The maximum Gasteiger partial charge on any atom is 0.333 e. The molecule has 0 radical (unpaired) electrons. The number of hydrazine groups is 1. The normalized spacial score (nSPS) is 13.0. The molecule has 3 aromatic rings. The molecule has 10 heteroatoms. The molecule has 0 unspecified atom stereocenters. The first-order chi connectivity index (χ1) is 15.7. The standard InChI is InChI=1S/C22H26N6O4/c29-21(18-11-10-17(32-18)15-31-16-7-3-1-4-8-16)26-27-22(30)23-13-12-20-25-24-19-9-5-2-6-14-28(19)20/h1,3-4,7-8,10-11H,2,5-6,9,12-15H2,(H,26,29)(H2,23,27,30). The molecule has 0 spiro atoms. The molecule has 1 aromatic carbocycles. The van der Waals surface area contributed by atoms with E-state index in [9.17, 15) is 9.59 Å². The molecule has 2 aromatic heterocycles. The molecule has 32 heavy (non-hydrogen) atoms. The number of aryl methyl sites for hydroxylation is 1. The Morgan fingerprint density at radius 1 is 1.03 bits per heavy atom. The van der Waals surface area contributed by atoms with Crippen LogP contribution < -0.4 is 20.9 Å². The third-order valence-corrected chi connectivity index (χ3v) is 5.12. The summed E-state index contributed by atoms with van der Waals surface area (Å²) in [5, 5.41) is 11.2. The molecule has 0 saturated carbocycles. The number of fused-ring (bicyclic) bond motifs is 1. The summed E-state index contributed by atoms with van der Waals surface area (Å²) in [6.07, 6.45) is 4.96. The lowest BCUT2D eigenvalue weighted by molar-refractivity contribution is 0.0904. The van der Waals surface area contributed by atoms with Gasteiger partial charge in [0.1, 0.15) is 29.8 Å². The Kier molecular flexibility index (Phi) is 7.01. The van der Waals surface area contributed by atoms with Crippen molar-refractivity contribution in [3.8, 4) is 5.75 Å². The summed E-state index contributed by atoms with van der Waals surface area (Å²) in [5.41, 5.74) is 4.64. The largest absolute Gasteiger partial charge is 0.486 e. The number of furan rings is 1. The second-order valence-corrected chi connectivity index (χ2v) is 7.45. The van der Waals surface area contributed by atoms with Crippen LogP contribution in [0.15, 0.2) is 46.9 Å². The molecule has 4 rings (SSSR count). The van der Waals surface area contributed by atoms with E-state index in [-0.39, 0.29) is 12.4 Å². The van der Waals surface area contributed by atoms with E-state index in [4.69, 9.17) is 9.15 Å². The fraction of sp³-hybridized carbons (Fsp3) is 0.364. The molecule has 1 aliphatic rings. The number of ether oxygens (including phenoxy) is 1. The third-order valence-electron chi connectivity index (χ3n) is 5.12. The minimum absolute atomic E-state index is 0.0723. The molecular weight excluding hydrogens is 412 g/mol. The molecule has 168 valence electrons. The quantitative estimate of drug-likeness (QED) is 0.487. The first-order valence-corrected chi connectivity index (χ1v) is 10.7. The molecule has 0 atom stereocenters. The summed E-state index contributed by atoms with van der Waals surface area (Å²) in [7, 11) is 0. The highest BCUT2D eigenvalue weighted by atomic mass is 16.5. The SMILES string of the molecule is O=C(NCCc1nnc2n1CCCCC2)NNC(=O)c1ccc(COc2ccccc2)o1. The first kappa shape index (κ1) is 21.4. The number of amides is 3. The van der Waals surface area contributed by atoms with Crippen LogP contribution >= 0.6 is 0 Å². The number of benzene rings is 1. The smallest absolute Gasteiger partial charge is 0.333 e.